The Morgan fingerprint density at radius 1 is 0.500 bits per heavy atom. The first-order valence-corrected chi connectivity index (χ1v) is 17.0. The van der Waals surface area contributed by atoms with Gasteiger partial charge in [-0.15, -0.1) is 0 Å². The van der Waals surface area contributed by atoms with Gasteiger partial charge in [-0.25, -0.2) is 15.0 Å². The van der Waals surface area contributed by atoms with E-state index < -0.39 is 0 Å². The standard InChI is InChI=1S/C45H30N4O/c1-3-13-29(14-4-1)43-46-44(30-15-5-2-6-16-30)48-45(47-43)32-18-11-17-31(27-32)34-21-12-24-40-42(34)37-26-25-33(28-41(37)50-40)49-38-22-9-7-19-35(38)36-20-8-10-23-39(36)49/h1,3-5,7-28H,2,6H2. The van der Waals surface area contributed by atoms with Gasteiger partial charge in [0.15, 0.2) is 17.5 Å². The number of rotatable bonds is 5. The fraction of sp³-hybridized carbons (Fsp3) is 0.0444. The molecule has 5 nitrogen and oxygen atoms in total. The fourth-order valence-corrected chi connectivity index (χ4v) is 7.35. The number of furan rings is 1. The molecule has 0 radical (unpaired) electrons. The van der Waals surface area contributed by atoms with Gasteiger partial charge >= 0.3 is 0 Å². The van der Waals surface area contributed by atoms with Crippen molar-refractivity contribution in [3.63, 3.8) is 0 Å². The largest absolute Gasteiger partial charge is 0.456 e. The van der Waals surface area contributed by atoms with Crippen LogP contribution in [0.5, 0.6) is 0 Å². The smallest absolute Gasteiger partial charge is 0.164 e. The van der Waals surface area contributed by atoms with E-state index in [2.05, 4.69) is 132 Å². The maximum atomic E-state index is 6.58. The summed E-state index contributed by atoms with van der Waals surface area (Å²) in [7, 11) is 0. The molecule has 0 amide bonds. The minimum absolute atomic E-state index is 0.649. The lowest BCUT2D eigenvalue weighted by Crippen LogP contribution is -2.03. The van der Waals surface area contributed by atoms with Gasteiger partial charge in [-0.05, 0) is 60.4 Å². The van der Waals surface area contributed by atoms with Crippen molar-refractivity contribution in [2.24, 2.45) is 0 Å². The molecule has 0 atom stereocenters. The lowest BCUT2D eigenvalue weighted by Gasteiger charge is -2.11. The number of fused-ring (bicyclic) bond motifs is 6. The quantitative estimate of drug-likeness (QED) is 0.187. The fourth-order valence-electron chi connectivity index (χ4n) is 7.35. The highest BCUT2D eigenvalue weighted by atomic mass is 16.3. The Hall–Kier alpha value is -6.59. The van der Waals surface area contributed by atoms with E-state index in [-0.39, 0.29) is 0 Å². The van der Waals surface area contributed by atoms with Crippen LogP contribution in [0.15, 0.2) is 162 Å². The Morgan fingerprint density at radius 3 is 1.96 bits per heavy atom. The Kier molecular flexibility index (Phi) is 6.56. The Balaban J connectivity index is 1.11. The van der Waals surface area contributed by atoms with Gasteiger partial charge in [0.25, 0.3) is 0 Å². The summed E-state index contributed by atoms with van der Waals surface area (Å²) in [6, 6.07) is 48.6. The predicted octanol–water partition coefficient (Wildman–Crippen LogP) is 11.6. The summed E-state index contributed by atoms with van der Waals surface area (Å²) in [6.07, 6.45) is 8.52. The van der Waals surface area contributed by atoms with Crippen LogP contribution in [-0.2, 0) is 0 Å². The van der Waals surface area contributed by atoms with Crippen molar-refractivity contribution in [3.05, 3.63) is 164 Å². The third kappa shape index (κ3) is 4.66. The molecule has 0 N–H and O–H groups in total. The van der Waals surface area contributed by atoms with Crippen LogP contribution in [-0.4, -0.2) is 19.5 Å². The van der Waals surface area contributed by atoms with Crippen molar-refractivity contribution < 1.29 is 4.42 Å². The summed E-state index contributed by atoms with van der Waals surface area (Å²) in [4.78, 5) is 14.9. The second-order valence-electron chi connectivity index (χ2n) is 12.7. The van der Waals surface area contributed by atoms with E-state index >= 15 is 0 Å². The molecular formula is C45H30N4O. The molecular weight excluding hydrogens is 613 g/mol. The van der Waals surface area contributed by atoms with E-state index in [0.29, 0.717) is 17.5 Å². The monoisotopic (exact) mass is 642 g/mol. The molecule has 0 fully saturated rings. The molecule has 0 bridgehead atoms. The summed E-state index contributed by atoms with van der Waals surface area (Å²) in [5.74, 6) is 2.01. The van der Waals surface area contributed by atoms with Crippen molar-refractivity contribution >= 4 is 49.3 Å². The van der Waals surface area contributed by atoms with Gasteiger partial charge < -0.3 is 8.98 Å². The third-order valence-corrected chi connectivity index (χ3v) is 9.67. The SMILES string of the molecule is C1=CC(c2nc(-c3ccccc3)nc(-c3cccc(-c4cccc5oc6cc(-n7c8ccccc8c8ccccc87)ccc6c45)c3)n2)=CCC1. The highest BCUT2D eigenvalue weighted by molar-refractivity contribution is 6.13. The molecule has 6 aromatic carbocycles. The molecule has 1 aliphatic carbocycles. The summed E-state index contributed by atoms with van der Waals surface area (Å²) >= 11 is 0. The maximum Gasteiger partial charge on any atom is 0.164 e. The van der Waals surface area contributed by atoms with Crippen LogP contribution >= 0.6 is 0 Å². The van der Waals surface area contributed by atoms with Crippen molar-refractivity contribution in [3.8, 4) is 39.6 Å². The highest BCUT2D eigenvalue weighted by Gasteiger charge is 2.18. The summed E-state index contributed by atoms with van der Waals surface area (Å²) in [5, 5.41) is 4.65. The summed E-state index contributed by atoms with van der Waals surface area (Å²) < 4.78 is 8.91. The average molecular weight is 643 g/mol. The molecule has 0 saturated carbocycles. The van der Waals surface area contributed by atoms with E-state index in [1.54, 1.807) is 0 Å². The topological polar surface area (TPSA) is 56.7 Å². The van der Waals surface area contributed by atoms with E-state index in [4.69, 9.17) is 19.4 Å². The number of aromatic nitrogens is 4. The Bertz CT molecular complexity index is 2770. The van der Waals surface area contributed by atoms with E-state index in [0.717, 1.165) is 68.3 Å². The third-order valence-electron chi connectivity index (χ3n) is 9.67. The molecule has 0 spiro atoms. The van der Waals surface area contributed by atoms with E-state index in [1.165, 1.54) is 21.8 Å². The molecule has 0 aliphatic heterocycles. The summed E-state index contributed by atoms with van der Waals surface area (Å²) in [5.41, 5.74) is 10.2. The van der Waals surface area contributed by atoms with Crippen LogP contribution in [0.3, 0.4) is 0 Å². The number of hydrogen-bond acceptors (Lipinski definition) is 4. The van der Waals surface area contributed by atoms with Crippen LogP contribution < -0.4 is 0 Å². The highest BCUT2D eigenvalue weighted by Crippen LogP contribution is 2.40. The zero-order valence-electron chi connectivity index (χ0n) is 27.1. The van der Waals surface area contributed by atoms with Crippen molar-refractivity contribution in [2.45, 2.75) is 12.8 Å². The molecule has 5 heteroatoms. The number of benzene rings is 6. The minimum Gasteiger partial charge on any atom is -0.456 e. The molecule has 3 aromatic heterocycles. The Morgan fingerprint density at radius 2 is 1.18 bits per heavy atom. The van der Waals surface area contributed by atoms with Gasteiger partial charge in [0, 0.05) is 50.0 Å². The Labute approximate surface area is 288 Å². The molecule has 0 unspecified atom stereocenters. The number of nitrogens with zero attached hydrogens (tertiary/aromatic N) is 4. The molecule has 0 saturated heterocycles. The first kappa shape index (κ1) is 28.4. The van der Waals surface area contributed by atoms with Gasteiger partial charge in [0.2, 0.25) is 0 Å². The zero-order valence-corrected chi connectivity index (χ0v) is 27.1. The number of hydrogen-bond donors (Lipinski definition) is 0. The second kappa shape index (κ2) is 11.5. The second-order valence-corrected chi connectivity index (χ2v) is 12.7. The maximum absolute atomic E-state index is 6.58. The van der Waals surface area contributed by atoms with Crippen molar-refractivity contribution in [1.29, 1.82) is 0 Å². The molecule has 1 aliphatic rings. The molecule has 9 aromatic rings. The van der Waals surface area contributed by atoms with Crippen LogP contribution in [0.25, 0.3) is 88.9 Å². The van der Waals surface area contributed by atoms with Crippen LogP contribution in [0, 0.1) is 0 Å². The minimum atomic E-state index is 0.649. The first-order valence-electron chi connectivity index (χ1n) is 17.0. The lowest BCUT2D eigenvalue weighted by atomic mass is 9.97. The predicted molar refractivity (Wildman–Crippen MR) is 204 cm³/mol. The average Bonchev–Trinajstić information content (AvgIpc) is 3.74. The van der Waals surface area contributed by atoms with E-state index in [1.807, 2.05) is 30.3 Å². The first-order chi connectivity index (χ1) is 24.8. The van der Waals surface area contributed by atoms with Gasteiger partial charge in [-0.2, -0.15) is 0 Å². The number of allylic oxidation sites excluding steroid dienone is 4. The van der Waals surface area contributed by atoms with Crippen LogP contribution in [0.4, 0.5) is 0 Å². The van der Waals surface area contributed by atoms with Gasteiger partial charge in [0.1, 0.15) is 11.2 Å². The normalized spacial score (nSPS) is 13.1. The van der Waals surface area contributed by atoms with Gasteiger partial charge in [-0.3, -0.25) is 0 Å². The molecule has 236 valence electrons. The molecule has 3 heterocycles. The van der Waals surface area contributed by atoms with Gasteiger partial charge in [0.05, 0.1) is 11.0 Å². The van der Waals surface area contributed by atoms with Crippen LogP contribution in [0.2, 0.25) is 0 Å². The molecule has 10 rings (SSSR count). The van der Waals surface area contributed by atoms with Crippen molar-refractivity contribution in [1.82, 2.24) is 19.5 Å². The van der Waals surface area contributed by atoms with E-state index in [9.17, 15) is 0 Å². The zero-order chi connectivity index (χ0) is 33.0. The van der Waals surface area contributed by atoms with Gasteiger partial charge in [-0.1, -0.05) is 115 Å². The lowest BCUT2D eigenvalue weighted by molar-refractivity contribution is 0.668. The summed E-state index contributed by atoms with van der Waals surface area (Å²) in [6.45, 7) is 0. The van der Waals surface area contributed by atoms with Crippen molar-refractivity contribution in [2.75, 3.05) is 0 Å². The number of para-hydroxylation sites is 2. The van der Waals surface area contributed by atoms with Crippen LogP contribution in [0.1, 0.15) is 18.7 Å². The molecule has 50 heavy (non-hydrogen) atoms.